The molecule has 21 heavy (non-hydrogen) atoms. The average molecular weight is 323 g/mol. The molecule has 0 bridgehead atoms. The zero-order chi connectivity index (χ0) is 15.3. The van der Waals surface area contributed by atoms with Crippen LogP contribution in [0, 0.1) is 0 Å². The van der Waals surface area contributed by atoms with Crippen molar-refractivity contribution in [3.8, 4) is 5.75 Å². The van der Waals surface area contributed by atoms with E-state index in [0.29, 0.717) is 6.54 Å². The monoisotopic (exact) mass is 323 g/mol. The molecule has 2 aromatic rings. The lowest BCUT2D eigenvalue weighted by Crippen LogP contribution is -2.24. The Labute approximate surface area is 129 Å². The quantitative estimate of drug-likeness (QED) is 0.856. The van der Waals surface area contributed by atoms with E-state index >= 15 is 0 Å². The Bertz CT molecular complexity index is 697. The summed E-state index contributed by atoms with van der Waals surface area (Å²) >= 11 is 1.46. The summed E-state index contributed by atoms with van der Waals surface area (Å²) in [6, 6.07) is 13.6. The van der Waals surface area contributed by atoms with Gasteiger partial charge in [0.15, 0.2) is 0 Å². The van der Waals surface area contributed by atoms with Crippen molar-refractivity contribution in [3.05, 3.63) is 48.5 Å². The number of rotatable bonds is 6. The number of hydrogen-bond donors (Lipinski definition) is 2. The molecule has 6 heteroatoms. The first kappa shape index (κ1) is 15.9. The molecule has 0 aromatic heterocycles. The van der Waals surface area contributed by atoms with Crippen LogP contribution in [0.25, 0.3) is 0 Å². The van der Waals surface area contributed by atoms with Crippen LogP contribution in [0.15, 0.2) is 63.2 Å². The van der Waals surface area contributed by atoms with E-state index in [1.165, 1.54) is 11.8 Å². The molecule has 112 valence electrons. The van der Waals surface area contributed by atoms with Gasteiger partial charge in [-0.1, -0.05) is 24.8 Å². The van der Waals surface area contributed by atoms with Crippen LogP contribution >= 0.6 is 11.8 Å². The Morgan fingerprint density at radius 2 is 1.81 bits per heavy atom. The van der Waals surface area contributed by atoms with Crippen molar-refractivity contribution >= 4 is 21.8 Å². The van der Waals surface area contributed by atoms with E-state index in [4.69, 9.17) is 0 Å². The first-order valence-electron chi connectivity index (χ1n) is 6.58. The van der Waals surface area contributed by atoms with Crippen molar-refractivity contribution in [2.24, 2.45) is 0 Å². The van der Waals surface area contributed by atoms with Crippen LogP contribution in [0.2, 0.25) is 0 Å². The number of hydrogen-bond acceptors (Lipinski definition) is 4. The second-order valence-electron chi connectivity index (χ2n) is 4.47. The van der Waals surface area contributed by atoms with E-state index in [-0.39, 0.29) is 10.6 Å². The lowest BCUT2D eigenvalue weighted by atomic mass is 10.3. The van der Waals surface area contributed by atoms with Crippen LogP contribution in [-0.2, 0) is 10.0 Å². The maximum Gasteiger partial charge on any atom is 0.240 e. The summed E-state index contributed by atoms with van der Waals surface area (Å²) in [5.41, 5.74) is 0. The van der Waals surface area contributed by atoms with Crippen molar-refractivity contribution in [1.82, 2.24) is 4.72 Å². The first-order valence-corrected chi connectivity index (χ1v) is 8.88. The van der Waals surface area contributed by atoms with Gasteiger partial charge in [0.1, 0.15) is 5.75 Å². The van der Waals surface area contributed by atoms with Crippen molar-refractivity contribution < 1.29 is 13.5 Å². The largest absolute Gasteiger partial charge is 0.508 e. The molecular formula is C15H17NO3S2. The lowest BCUT2D eigenvalue weighted by Gasteiger charge is -2.07. The van der Waals surface area contributed by atoms with Crippen LogP contribution in [0.5, 0.6) is 5.75 Å². The maximum absolute atomic E-state index is 12.0. The zero-order valence-electron chi connectivity index (χ0n) is 11.6. The van der Waals surface area contributed by atoms with Crippen LogP contribution in [0.3, 0.4) is 0 Å². The normalized spacial score (nSPS) is 11.5. The van der Waals surface area contributed by atoms with E-state index in [9.17, 15) is 13.5 Å². The number of aromatic hydroxyl groups is 1. The molecule has 0 amide bonds. The average Bonchev–Trinajstić information content (AvgIpc) is 2.46. The van der Waals surface area contributed by atoms with Gasteiger partial charge in [0.05, 0.1) is 4.90 Å². The minimum Gasteiger partial charge on any atom is -0.508 e. The van der Waals surface area contributed by atoms with Gasteiger partial charge in [-0.05, 0) is 48.9 Å². The summed E-state index contributed by atoms with van der Waals surface area (Å²) in [4.78, 5) is 2.07. The Morgan fingerprint density at radius 3 is 2.43 bits per heavy atom. The van der Waals surface area contributed by atoms with Gasteiger partial charge in [0, 0.05) is 16.3 Å². The van der Waals surface area contributed by atoms with E-state index in [2.05, 4.69) is 4.72 Å². The first-order chi connectivity index (χ1) is 10.0. The molecule has 0 aliphatic rings. The predicted octanol–water partition coefficient (Wildman–Crippen LogP) is 3.23. The standard InChI is InChI=1S/C15H17NO3S2/c1-2-10-16-21(18,19)15-8-6-13(7-9-15)20-14-5-3-4-12(17)11-14/h3-9,11,16-17H,2,10H2,1H3. The summed E-state index contributed by atoms with van der Waals surface area (Å²) in [6.45, 7) is 2.35. The Kier molecular flexibility index (Phi) is 5.27. The summed E-state index contributed by atoms with van der Waals surface area (Å²) in [5, 5.41) is 9.42. The molecule has 0 spiro atoms. The molecule has 0 heterocycles. The molecule has 2 rings (SSSR count). The third-order valence-electron chi connectivity index (χ3n) is 2.73. The van der Waals surface area contributed by atoms with Gasteiger partial charge in [0.2, 0.25) is 10.0 Å². The van der Waals surface area contributed by atoms with Gasteiger partial charge in [0.25, 0.3) is 0 Å². The minimum absolute atomic E-state index is 0.211. The second kappa shape index (κ2) is 6.98. The highest BCUT2D eigenvalue weighted by atomic mass is 32.2. The van der Waals surface area contributed by atoms with Crippen molar-refractivity contribution in [2.45, 2.75) is 28.0 Å². The smallest absolute Gasteiger partial charge is 0.240 e. The molecule has 2 N–H and O–H groups in total. The second-order valence-corrected chi connectivity index (χ2v) is 7.38. The van der Waals surface area contributed by atoms with Gasteiger partial charge in [-0.25, -0.2) is 13.1 Å². The van der Waals surface area contributed by atoms with Crippen LogP contribution in [0.4, 0.5) is 0 Å². The molecular weight excluding hydrogens is 306 g/mol. The van der Waals surface area contributed by atoms with Gasteiger partial charge in [-0.15, -0.1) is 0 Å². The highest BCUT2D eigenvalue weighted by Crippen LogP contribution is 2.30. The molecule has 0 saturated heterocycles. The molecule has 0 aliphatic heterocycles. The molecule has 0 atom stereocenters. The number of nitrogens with one attached hydrogen (secondary N) is 1. The van der Waals surface area contributed by atoms with E-state index in [1.807, 2.05) is 13.0 Å². The molecule has 4 nitrogen and oxygen atoms in total. The van der Waals surface area contributed by atoms with Crippen LogP contribution in [0.1, 0.15) is 13.3 Å². The maximum atomic E-state index is 12.0. The third-order valence-corrected chi connectivity index (χ3v) is 5.20. The Hall–Kier alpha value is -1.50. The number of phenolic OH excluding ortho intramolecular Hbond substituents is 1. The van der Waals surface area contributed by atoms with Crippen LogP contribution < -0.4 is 4.72 Å². The zero-order valence-corrected chi connectivity index (χ0v) is 13.2. The predicted molar refractivity (Wildman–Crippen MR) is 84.2 cm³/mol. The van der Waals surface area contributed by atoms with Crippen molar-refractivity contribution in [2.75, 3.05) is 6.54 Å². The Balaban J connectivity index is 2.12. The Morgan fingerprint density at radius 1 is 1.10 bits per heavy atom. The number of sulfonamides is 1. The van der Waals surface area contributed by atoms with Gasteiger partial charge in [-0.3, -0.25) is 0 Å². The van der Waals surface area contributed by atoms with Crippen molar-refractivity contribution in [3.63, 3.8) is 0 Å². The van der Waals surface area contributed by atoms with Gasteiger partial charge in [-0.2, -0.15) is 0 Å². The van der Waals surface area contributed by atoms with Gasteiger partial charge < -0.3 is 5.11 Å². The molecule has 2 aromatic carbocycles. The summed E-state index contributed by atoms with van der Waals surface area (Å²) in [5.74, 6) is 0.211. The lowest BCUT2D eigenvalue weighted by molar-refractivity contribution is 0.474. The fourth-order valence-corrected chi connectivity index (χ4v) is 3.69. The van der Waals surface area contributed by atoms with Gasteiger partial charge >= 0.3 is 0 Å². The third kappa shape index (κ3) is 4.49. The number of benzene rings is 2. The van der Waals surface area contributed by atoms with Crippen molar-refractivity contribution in [1.29, 1.82) is 0 Å². The van der Waals surface area contributed by atoms with E-state index in [0.717, 1.165) is 16.2 Å². The summed E-state index contributed by atoms with van der Waals surface area (Å²) in [6.07, 6.45) is 0.755. The van der Waals surface area contributed by atoms with E-state index < -0.39 is 10.0 Å². The highest BCUT2D eigenvalue weighted by Gasteiger charge is 2.12. The van der Waals surface area contributed by atoms with Crippen LogP contribution in [-0.4, -0.2) is 20.1 Å². The summed E-state index contributed by atoms with van der Waals surface area (Å²) < 4.78 is 26.4. The topological polar surface area (TPSA) is 66.4 Å². The molecule has 0 radical (unpaired) electrons. The molecule has 0 aliphatic carbocycles. The minimum atomic E-state index is -3.42. The fraction of sp³-hybridized carbons (Fsp3) is 0.200. The molecule has 0 unspecified atom stereocenters. The fourth-order valence-electron chi connectivity index (χ4n) is 1.69. The summed E-state index contributed by atoms with van der Waals surface area (Å²) in [7, 11) is -3.42. The highest BCUT2D eigenvalue weighted by molar-refractivity contribution is 7.99. The molecule has 0 saturated carbocycles. The molecule has 0 fully saturated rings. The van der Waals surface area contributed by atoms with E-state index in [1.54, 1.807) is 42.5 Å². The number of phenols is 1. The SMILES string of the molecule is CCCNS(=O)(=O)c1ccc(Sc2cccc(O)c2)cc1.